The SMILES string of the molecule is CCOc1cc([C@@H]2CNC[C@H]2C(=O)OC)ccc1OC. The number of benzene rings is 1. The summed E-state index contributed by atoms with van der Waals surface area (Å²) in [5.74, 6) is 1.20. The molecule has 0 radical (unpaired) electrons. The maximum Gasteiger partial charge on any atom is 0.310 e. The van der Waals surface area contributed by atoms with E-state index in [0.717, 1.165) is 12.1 Å². The van der Waals surface area contributed by atoms with Crippen molar-refractivity contribution in [1.29, 1.82) is 0 Å². The Bertz CT molecular complexity index is 475. The number of carbonyl (C=O) groups is 1. The number of nitrogens with one attached hydrogen (secondary N) is 1. The molecule has 110 valence electrons. The Hall–Kier alpha value is -1.75. The van der Waals surface area contributed by atoms with Gasteiger partial charge in [0.15, 0.2) is 11.5 Å². The van der Waals surface area contributed by atoms with Gasteiger partial charge in [0.25, 0.3) is 0 Å². The third-order valence-corrected chi connectivity index (χ3v) is 3.63. The minimum atomic E-state index is -0.172. The zero-order valence-electron chi connectivity index (χ0n) is 12.1. The van der Waals surface area contributed by atoms with Crippen molar-refractivity contribution in [3.05, 3.63) is 23.8 Å². The standard InChI is InChI=1S/C15H21NO4/c1-4-20-14-7-10(5-6-13(14)18-2)11-8-16-9-12(11)15(17)19-3/h5-7,11-12,16H,4,8-9H2,1-3H3/t11-,12+/m0/s1. The topological polar surface area (TPSA) is 56.8 Å². The minimum absolute atomic E-state index is 0.104. The molecular formula is C15H21NO4. The molecule has 20 heavy (non-hydrogen) atoms. The van der Waals surface area contributed by atoms with E-state index in [4.69, 9.17) is 14.2 Å². The van der Waals surface area contributed by atoms with Crippen LogP contribution in [0.3, 0.4) is 0 Å². The van der Waals surface area contributed by atoms with Gasteiger partial charge in [-0.15, -0.1) is 0 Å². The van der Waals surface area contributed by atoms with Gasteiger partial charge in [-0.1, -0.05) is 6.07 Å². The van der Waals surface area contributed by atoms with Gasteiger partial charge in [-0.25, -0.2) is 0 Å². The van der Waals surface area contributed by atoms with E-state index in [1.165, 1.54) is 7.11 Å². The smallest absolute Gasteiger partial charge is 0.310 e. The Morgan fingerprint density at radius 3 is 2.75 bits per heavy atom. The lowest BCUT2D eigenvalue weighted by atomic mass is 9.89. The van der Waals surface area contributed by atoms with Crippen LogP contribution in [0.15, 0.2) is 18.2 Å². The van der Waals surface area contributed by atoms with Crippen LogP contribution in [0.1, 0.15) is 18.4 Å². The highest BCUT2D eigenvalue weighted by atomic mass is 16.5. The second kappa shape index (κ2) is 6.61. The van der Waals surface area contributed by atoms with Gasteiger partial charge >= 0.3 is 5.97 Å². The molecule has 0 bridgehead atoms. The third kappa shape index (κ3) is 2.88. The van der Waals surface area contributed by atoms with Crippen molar-refractivity contribution in [2.75, 3.05) is 33.9 Å². The summed E-state index contributed by atoms with van der Waals surface area (Å²) >= 11 is 0. The van der Waals surface area contributed by atoms with Crippen LogP contribution in [0.25, 0.3) is 0 Å². The van der Waals surface area contributed by atoms with E-state index >= 15 is 0 Å². The van der Waals surface area contributed by atoms with Crippen molar-refractivity contribution in [2.45, 2.75) is 12.8 Å². The number of hydrogen-bond donors (Lipinski definition) is 1. The highest BCUT2D eigenvalue weighted by molar-refractivity contribution is 5.74. The molecule has 1 fully saturated rings. The molecule has 5 heteroatoms. The predicted molar refractivity (Wildman–Crippen MR) is 75.3 cm³/mol. The first-order valence-corrected chi connectivity index (χ1v) is 6.80. The Labute approximate surface area is 119 Å². The number of hydrogen-bond acceptors (Lipinski definition) is 5. The zero-order valence-corrected chi connectivity index (χ0v) is 12.1. The summed E-state index contributed by atoms with van der Waals surface area (Å²) in [6, 6.07) is 5.82. The molecule has 0 unspecified atom stereocenters. The molecular weight excluding hydrogens is 258 g/mol. The maximum atomic E-state index is 11.8. The number of rotatable bonds is 5. The Morgan fingerprint density at radius 1 is 1.30 bits per heavy atom. The van der Waals surface area contributed by atoms with Gasteiger partial charge in [0.2, 0.25) is 0 Å². The van der Waals surface area contributed by atoms with Crippen molar-refractivity contribution in [1.82, 2.24) is 5.32 Å². The molecule has 1 aromatic rings. The summed E-state index contributed by atoms with van der Waals surface area (Å²) in [5, 5.41) is 3.24. The normalized spacial score (nSPS) is 21.6. The minimum Gasteiger partial charge on any atom is -0.493 e. The average molecular weight is 279 g/mol. The second-order valence-corrected chi connectivity index (χ2v) is 4.74. The van der Waals surface area contributed by atoms with Crippen LogP contribution in [0.5, 0.6) is 11.5 Å². The van der Waals surface area contributed by atoms with Crippen LogP contribution in [-0.2, 0) is 9.53 Å². The van der Waals surface area contributed by atoms with Crippen molar-refractivity contribution in [3.63, 3.8) is 0 Å². The number of ether oxygens (including phenoxy) is 3. The molecule has 1 N–H and O–H groups in total. The summed E-state index contributed by atoms with van der Waals surface area (Å²) in [5.41, 5.74) is 1.06. The summed E-state index contributed by atoms with van der Waals surface area (Å²) in [4.78, 5) is 11.8. The number of carbonyl (C=O) groups excluding carboxylic acids is 1. The second-order valence-electron chi connectivity index (χ2n) is 4.74. The first-order valence-electron chi connectivity index (χ1n) is 6.80. The summed E-state index contributed by atoms with van der Waals surface area (Å²) in [6.45, 7) is 3.91. The zero-order chi connectivity index (χ0) is 14.5. The number of methoxy groups -OCH3 is 2. The molecule has 0 aromatic heterocycles. The van der Waals surface area contributed by atoms with Crippen molar-refractivity contribution >= 4 is 5.97 Å². The van der Waals surface area contributed by atoms with Crippen molar-refractivity contribution in [2.24, 2.45) is 5.92 Å². The molecule has 0 spiro atoms. The van der Waals surface area contributed by atoms with Crippen LogP contribution in [0.4, 0.5) is 0 Å². The van der Waals surface area contributed by atoms with Gasteiger partial charge < -0.3 is 19.5 Å². The largest absolute Gasteiger partial charge is 0.493 e. The maximum absolute atomic E-state index is 11.8. The van der Waals surface area contributed by atoms with E-state index in [9.17, 15) is 4.79 Å². The predicted octanol–water partition coefficient (Wildman–Crippen LogP) is 1.57. The van der Waals surface area contributed by atoms with E-state index in [-0.39, 0.29) is 17.8 Å². The highest BCUT2D eigenvalue weighted by Gasteiger charge is 2.35. The highest BCUT2D eigenvalue weighted by Crippen LogP contribution is 2.35. The molecule has 2 atom stereocenters. The lowest BCUT2D eigenvalue weighted by Crippen LogP contribution is -2.23. The molecule has 5 nitrogen and oxygen atoms in total. The Balaban J connectivity index is 2.27. The van der Waals surface area contributed by atoms with Gasteiger partial charge in [0.05, 0.1) is 26.7 Å². The van der Waals surface area contributed by atoms with Gasteiger partial charge in [-0.3, -0.25) is 4.79 Å². The van der Waals surface area contributed by atoms with Crippen LogP contribution >= 0.6 is 0 Å². The summed E-state index contributed by atoms with van der Waals surface area (Å²) in [6.07, 6.45) is 0. The molecule has 1 heterocycles. The monoisotopic (exact) mass is 279 g/mol. The molecule has 2 rings (SSSR count). The first-order chi connectivity index (χ1) is 9.71. The quantitative estimate of drug-likeness (QED) is 0.829. The molecule has 0 amide bonds. The van der Waals surface area contributed by atoms with Crippen LogP contribution in [-0.4, -0.2) is 39.9 Å². The third-order valence-electron chi connectivity index (χ3n) is 3.63. The lowest BCUT2D eigenvalue weighted by molar-refractivity contribution is -0.145. The number of esters is 1. The first kappa shape index (κ1) is 14.7. The van der Waals surface area contributed by atoms with Gasteiger partial charge in [0.1, 0.15) is 0 Å². The fourth-order valence-corrected chi connectivity index (χ4v) is 2.62. The van der Waals surface area contributed by atoms with E-state index in [0.29, 0.717) is 24.7 Å². The van der Waals surface area contributed by atoms with E-state index < -0.39 is 0 Å². The van der Waals surface area contributed by atoms with Crippen LogP contribution in [0.2, 0.25) is 0 Å². The van der Waals surface area contributed by atoms with Crippen molar-refractivity contribution < 1.29 is 19.0 Å². The van der Waals surface area contributed by atoms with Crippen molar-refractivity contribution in [3.8, 4) is 11.5 Å². The molecule has 1 saturated heterocycles. The van der Waals surface area contributed by atoms with E-state index in [2.05, 4.69) is 5.32 Å². The van der Waals surface area contributed by atoms with Crippen LogP contribution < -0.4 is 14.8 Å². The Kier molecular flexibility index (Phi) is 4.84. The van der Waals surface area contributed by atoms with Crippen LogP contribution in [0, 0.1) is 5.92 Å². The fraction of sp³-hybridized carbons (Fsp3) is 0.533. The molecule has 1 aliphatic heterocycles. The van der Waals surface area contributed by atoms with Gasteiger partial charge in [-0.2, -0.15) is 0 Å². The molecule has 0 aliphatic carbocycles. The Morgan fingerprint density at radius 2 is 2.10 bits per heavy atom. The average Bonchev–Trinajstić information content (AvgIpc) is 2.96. The summed E-state index contributed by atoms with van der Waals surface area (Å²) < 4.78 is 15.7. The van der Waals surface area contributed by atoms with E-state index in [1.54, 1.807) is 7.11 Å². The molecule has 1 aromatic carbocycles. The fourth-order valence-electron chi connectivity index (χ4n) is 2.62. The molecule has 0 saturated carbocycles. The van der Waals surface area contributed by atoms with Gasteiger partial charge in [0, 0.05) is 19.0 Å². The van der Waals surface area contributed by atoms with Gasteiger partial charge in [-0.05, 0) is 24.6 Å². The molecule has 1 aliphatic rings. The van der Waals surface area contributed by atoms with E-state index in [1.807, 2.05) is 25.1 Å². The summed E-state index contributed by atoms with van der Waals surface area (Å²) in [7, 11) is 3.04. The lowest BCUT2D eigenvalue weighted by Gasteiger charge is -2.18.